The molecule has 96 valence electrons. The molecule has 1 aromatic rings. The third-order valence-electron chi connectivity index (χ3n) is 2.55. The van der Waals surface area contributed by atoms with Gasteiger partial charge >= 0.3 is 0 Å². The van der Waals surface area contributed by atoms with Crippen LogP contribution in [0, 0.1) is 0 Å². The second-order valence-electron chi connectivity index (χ2n) is 4.69. The van der Waals surface area contributed by atoms with Crippen molar-refractivity contribution >= 4 is 23.2 Å². The maximum Gasteiger partial charge on any atom is 0.0915 e. The average molecular weight is 277 g/mol. The van der Waals surface area contributed by atoms with E-state index in [0.29, 0.717) is 28.7 Å². The lowest BCUT2D eigenvalue weighted by Crippen LogP contribution is -2.47. The van der Waals surface area contributed by atoms with E-state index in [1.807, 2.05) is 13.8 Å². The summed E-state index contributed by atoms with van der Waals surface area (Å²) in [6.07, 6.45) is -0.656. The van der Waals surface area contributed by atoms with Crippen molar-refractivity contribution in [2.24, 2.45) is 5.73 Å². The highest BCUT2D eigenvalue weighted by molar-refractivity contribution is 6.34. The molecule has 17 heavy (non-hydrogen) atoms. The molecule has 0 aliphatic heterocycles. The van der Waals surface area contributed by atoms with E-state index >= 15 is 0 Å². The minimum Gasteiger partial charge on any atom is -0.387 e. The van der Waals surface area contributed by atoms with Gasteiger partial charge in [-0.15, -0.1) is 0 Å². The van der Waals surface area contributed by atoms with Gasteiger partial charge in [0.15, 0.2) is 0 Å². The first kappa shape index (κ1) is 14.7. The zero-order valence-electron chi connectivity index (χ0n) is 10.0. The molecule has 0 bridgehead atoms. The van der Waals surface area contributed by atoms with Gasteiger partial charge in [0.25, 0.3) is 0 Å². The molecule has 1 atom stereocenters. The number of rotatable bonds is 5. The summed E-state index contributed by atoms with van der Waals surface area (Å²) in [5.74, 6) is 0. The first-order valence-electron chi connectivity index (χ1n) is 5.43. The second kappa shape index (κ2) is 6.03. The monoisotopic (exact) mass is 276 g/mol. The Bertz CT molecular complexity index is 363. The summed E-state index contributed by atoms with van der Waals surface area (Å²) in [5, 5.41) is 14.2. The van der Waals surface area contributed by atoms with E-state index in [0.717, 1.165) is 0 Å². The minimum atomic E-state index is -0.656. The van der Waals surface area contributed by atoms with Crippen molar-refractivity contribution in [1.29, 1.82) is 0 Å². The van der Waals surface area contributed by atoms with Gasteiger partial charge < -0.3 is 16.2 Å². The zero-order chi connectivity index (χ0) is 13.1. The van der Waals surface area contributed by atoms with Crippen molar-refractivity contribution in [3.8, 4) is 0 Å². The van der Waals surface area contributed by atoms with Crippen LogP contribution in [-0.2, 0) is 0 Å². The minimum absolute atomic E-state index is 0.205. The van der Waals surface area contributed by atoms with Gasteiger partial charge in [0.2, 0.25) is 0 Å². The summed E-state index contributed by atoms with van der Waals surface area (Å²) in [6, 6.07) is 5.04. The third kappa shape index (κ3) is 4.82. The van der Waals surface area contributed by atoms with Crippen LogP contribution in [0.25, 0.3) is 0 Å². The normalized spacial score (nSPS) is 13.8. The molecule has 0 amide bonds. The lowest BCUT2D eigenvalue weighted by atomic mass is 10.0. The Morgan fingerprint density at radius 3 is 2.29 bits per heavy atom. The SMILES string of the molecule is CC(C)(CN)NCC(O)c1cc(Cl)cc(Cl)c1. The first-order chi connectivity index (χ1) is 7.84. The number of halogens is 2. The summed E-state index contributed by atoms with van der Waals surface area (Å²) < 4.78 is 0. The van der Waals surface area contributed by atoms with Crippen molar-refractivity contribution in [3.63, 3.8) is 0 Å². The standard InChI is InChI=1S/C12H18Cl2N2O/c1-12(2,7-15)16-6-11(17)8-3-9(13)5-10(14)4-8/h3-5,11,16-17H,6-7,15H2,1-2H3. The predicted octanol–water partition coefficient (Wildman–Crippen LogP) is 2.35. The number of hydrogen-bond donors (Lipinski definition) is 3. The summed E-state index contributed by atoms with van der Waals surface area (Å²) in [5.41, 5.74) is 6.09. The molecule has 0 saturated carbocycles. The quantitative estimate of drug-likeness (QED) is 0.774. The van der Waals surface area contributed by atoms with Crippen molar-refractivity contribution in [3.05, 3.63) is 33.8 Å². The molecule has 5 heteroatoms. The van der Waals surface area contributed by atoms with E-state index in [1.165, 1.54) is 0 Å². The fraction of sp³-hybridized carbons (Fsp3) is 0.500. The van der Waals surface area contributed by atoms with Gasteiger partial charge in [-0.2, -0.15) is 0 Å². The molecule has 4 N–H and O–H groups in total. The fourth-order valence-corrected chi connectivity index (χ4v) is 1.87. The predicted molar refractivity (Wildman–Crippen MR) is 72.6 cm³/mol. The zero-order valence-corrected chi connectivity index (χ0v) is 11.5. The van der Waals surface area contributed by atoms with Gasteiger partial charge in [-0.3, -0.25) is 0 Å². The van der Waals surface area contributed by atoms with E-state index in [4.69, 9.17) is 28.9 Å². The summed E-state index contributed by atoms with van der Waals surface area (Å²) >= 11 is 11.8. The van der Waals surface area contributed by atoms with Gasteiger partial charge in [0.05, 0.1) is 6.10 Å². The Morgan fingerprint density at radius 1 is 1.29 bits per heavy atom. The molecule has 0 fully saturated rings. The highest BCUT2D eigenvalue weighted by Gasteiger charge is 2.17. The van der Waals surface area contributed by atoms with Crippen LogP contribution in [0.3, 0.4) is 0 Å². The fourth-order valence-electron chi connectivity index (χ4n) is 1.33. The maximum atomic E-state index is 10.0. The van der Waals surface area contributed by atoms with Crippen LogP contribution in [0.2, 0.25) is 10.0 Å². The van der Waals surface area contributed by atoms with Crippen molar-refractivity contribution in [1.82, 2.24) is 5.32 Å². The Morgan fingerprint density at radius 2 is 1.82 bits per heavy atom. The number of benzene rings is 1. The Labute approximate surface area is 112 Å². The lowest BCUT2D eigenvalue weighted by Gasteiger charge is -2.26. The number of hydrogen-bond acceptors (Lipinski definition) is 3. The Balaban J connectivity index is 2.67. The molecule has 0 aromatic heterocycles. The van der Waals surface area contributed by atoms with Crippen LogP contribution in [0.1, 0.15) is 25.5 Å². The van der Waals surface area contributed by atoms with Crippen molar-refractivity contribution < 1.29 is 5.11 Å². The maximum absolute atomic E-state index is 10.0. The molecule has 0 aliphatic carbocycles. The molecule has 1 aromatic carbocycles. The number of β-amino-alcohol motifs (C(OH)–C–C–N with tert-alkyl or cyclic N) is 1. The third-order valence-corrected chi connectivity index (χ3v) is 2.99. The molecule has 0 saturated heterocycles. The van der Waals surface area contributed by atoms with Gasteiger partial charge in [-0.25, -0.2) is 0 Å². The topological polar surface area (TPSA) is 58.3 Å². The van der Waals surface area contributed by atoms with Crippen molar-refractivity contribution in [2.45, 2.75) is 25.5 Å². The van der Waals surface area contributed by atoms with Crippen LogP contribution in [0.4, 0.5) is 0 Å². The molecule has 0 spiro atoms. The average Bonchev–Trinajstić information content (AvgIpc) is 2.24. The molecular weight excluding hydrogens is 259 g/mol. The summed E-state index contributed by atoms with van der Waals surface area (Å²) in [6.45, 7) is 4.85. The number of nitrogens with two attached hydrogens (primary N) is 1. The molecular formula is C12H18Cl2N2O. The number of aliphatic hydroxyl groups is 1. The van der Waals surface area contributed by atoms with Gasteiger partial charge in [-0.05, 0) is 37.6 Å². The van der Waals surface area contributed by atoms with Crippen LogP contribution in [0.15, 0.2) is 18.2 Å². The summed E-state index contributed by atoms with van der Waals surface area (Å²) in [4.78, 5) is 0. The Hall–Kier alpha value is -0.320. The van der Waals surface area contributed by atoms with Crippen LogP contribution in [-0.4, -0.2) is 23.7 Å². The largest absolute Gasteiger partial charge is 0.387 e. The van der Waals surface area contributed by atoms with E-state index in [1.54, 1.807) is 18.2 Å². The molecule has 0 heterocycles. The van der Waals surface area contributed by atoms with Gasteiger partial charge in [0, 0.05) is 28.7 Å². The highest BCUT2D eigenvalue weighted by Crippen LogP contribution is 2.23. The second-order valence-corrected chi connectivity index (χ2v) is 5.56. The van der Waals surface area contributed by atoms with E-state index in [9.17, 15) is 5.11 Å². The van der Waals surface area contributed by atoms with E-state index < -0.39 is 6.10 Å². The smallest absolute Gasteiger partial charge is 0.0915 e. The van der Waals surface area contributed by atoms with Crippen LogP contribution in [0.5, 0.6) is 0 Å². The molecule has 0 aliphatic rings. The van der Waals surface area contributed by atoms with Gasteiger partial charge in [0.1, 0.15) is 0 Å². The van der Waals surface area contributed by atoms with Crippen molar-refractivity contribution in [2.75, 3.05) is 13.1 Å². The molecule has 1 rings (SSSR count). The van der Waals surface area contributed by atoms with Crippen LogP contribution >= 0.6 is 23.2 Å². The van der Waals surface area contributed by atoms with Gasteiger partial charge in [-0.1, -0.05) is 23.2 Å². The highest BCUT2D eigenvalue weighted by atomic mass is 35.5. The van der Waals surface area contributed by atoms with Crippen LogP contribution < -0.4 is 11.1 Å². The first-order valence-corrected chi connectivity index (χ1v) is 6.19. The lowest BCUT2D eigenvalue weighted by molar-refractivity contribution is 0.162. The number of nitrogens with one attached hydrogen (secondary N) is 1. The Kier molecular flexibility index (Phi) is 5.22. The molecule has 3 nitrogen and oxygen atoms in total. The van der Waals surface area contributed by atoms with E-state index in [2.05, 4.69) is 5.32 Å². The molecule has 0 radical (unpaired) electrons. The summed E-state index contributed by atoms with van der Waals surface area (Å²) in [7, 11) is 0. The van der Waals surface area contributed by atoms with E-state index in [-0.39, 0.29) is 5.54 Å². The number of aliphatic hydroxyl groups excluding tert-OH is 1. The molecule has 1 unspecified atom stereocenters.